The number of hydrogen-bond acceptors (Lipinski definition) is 1. The zero-order chi connectivity index (χ0) is 15.3. The van der Waals surface area contributed by atoms with E-state index in [2.05, 4.69) is 81.3 Å². The predicted molar refractivity (Wildman–Crippen MR) is 109 cm³/mol. The predicted octanol–water partition coefficient (Wildman–Crippen LogP) is 4.90. The Kier molecular flexibility index (Phi) is 8.67. The Morgan fingerprint density at radius 2 is 1.46 bits per heavy atom. The van der Waals surface area contributed by atoms with Gasteiger partial charge >= 0.3 is 0 Å². The first-order chi connectivity index (χ1) is 9.78. The van der Waals surface area contributed by atoms with Crippen LogP contribution in [0.1, 0.15) is 31.9 Å². The van der Waals surface area contributed by atoms with Crippen LogP contribution in [0.4, 0.5) is 0 Å². The molecule has 0 aromatic heterocycles. The molecule has 0 saturated carbocycles. The van der Waals surface area contributed by atoms with Crippen molar-refractivity contribution in [2.24, 2.45) is 0 Å². The largest absolute Gasteiger partial charge is 0.329 e. The molecule has 0 radical (unpaired) electrons. The molecular formula is C19H27Cl2NSiZr. The third kappa shape index (κ3) is 4.83. The van der Waals surface area contributed by atoms with Gasteiger partial charge in [-0.25, -0.2) is 0 Å². The Labute approximate surface area is 179 Å². The standard InChI is InChI=1S/C19H25NSi.2ClH.Zr/c1-19(2,3)20-21(4,5)18-12-8-11-16-15-10-7-6-9-14(15)13-17(16)18;;;/h6-12,20H,13H2,1-5H3;2*1H;. The molecular weight excluding hydrogens is 432 g/mol. The van der Waals surface area contributed by atoms with Crippen molar-refractivity contribution in [2.75, 3.05) is 0 Å². The molecule has 5 heteroatoms. The fraction of sp³-hybridized carbons (Fsp3) is 0.368. The molecule has 0 atom stereocenters. The average molecular weight is 460 g/mol. The molecule has 0 fully saturated rings. The minimum Gasteiger partial charge on any atom is -0.329 e. The molecule has 1 nitrogen and oxygen atoms in total. The maximum absolute atomic E-state index is 3.91. The van der Waals surface area contributed by atoms with Gasteiger partial charge in [0.1, 0.15) is 0 Å². The Bertz CT molecular complexity index is 696. The number of nitrogens with one attached hydrogen (secondary N) is 1. The minimum atomic E-state index is -1.66. The van der Waals surface area contributed by atoms with Crippen molar-refractivity contribution in [1.29, 1.82) is 0 Å². The van der Waals surface area contributed by atoms with Crippen LogP contribution >= 0.6 is 24.8 Å². The van der Waals surface area contributed by atoms with E-state index in [0.29, 0.717) is 0 Å². The van der Waals surface area contributed by atoms with Crippen LogP contribution in [0.5, 0.6) is 0 Å². The van der Waals surface area contributed by atoms with Crippen molar-refractivity contribution < 1.29 is 26.2 Å². The summed E-state index contributed by atoms with van der Waals surface area (Å²) in [6, 6.07) is 15.7. The Hall–Kier alpha value is 0.0800. The van der Waals surface area contributed by atoms with Gasteiger partial charge in [-0.15, -0.1) is 24.8 Å². The number of benzene rings is 2. The molecule has 0 aliphatic heterocycles. The summed E-state index contributed by atoms with van der Waals surface area (Å²) in [4.78, 5) is 3.91. The Morgan fingerprint density at radius 1 is 0.875 bits per heavy atom. The second kappa shape index (κ2) is 8.64. The summed E-state index contributed by atoms with van der Waals surface area (Å²) >= 11 is 0. The molecule has 24 heavy (non-hydrogen) atoms. The van der Waals surface area contributed by atoms with Gasteiger partial charge < -0.3 is 4.98 Å². The van der Waals surface area contributed by atoms with Crippen LogP contribution in [-0.4, -0.2) is 13.8 Å². The van der Waals surface area contributed by atoms with Gasteiger partial charge in [0, 0.05) is 31.7 Å². The van der Waals surface area contributed by atoms with Crippen LogP contribution in [0.3, 0.4) is 0 Å². The molecule has 3 rings (SSSR count). The summed E-state index contributed by atoms with van der Waals surface area (Å²) in [6.45, 7) is 11.6. The monoisotopic (exact) mass is 457 g/mol. The maximum atomic E-state index is 3.91. The SMILES string of the molecule is CC(C)(C)N[Si](C)(C)c1cccc2c1Cc1ccccc1-2.Cl.Cl.[Zr]. The first kappa shape index (κ1) is 24.1. The third-order valence-electron chi connectivity index (χ3n) is 4.21. The van der Waals surface area contributed by atoms with E-state index in [-0.39, 0.29) is 56.6 Å². The molecule has 1 N–H and O–H groups in total. The first-order valence-corrected chi connectivity index (χ1v) is 10.8. The molecule has 1 aliphatic rings. The van der Waals surface area contributed by atoms with Gasteiger partial charge in [0.2, 0.25) is 0 Å². The van der Waals surface area contributed by atoms with Crippen molar-refractivity contribution in [2.45, 2.75) is 45.8 Å². The quantitative estimate of drug-likeness (QED) is 0.538. The van der Waals surface area contributed by atoms with Gasteiger partial charge in [-0.05, 0) is 54.6 Å². The summed E-state index contributed by atoms with van der Waals surface area (Å²) in [5, 5.41) is 1.56. The molecule has 2 aromatic carbocycles. The number of hydrogen-bond donors (Lipinski definition) is 1. The molecule has 0 unspecified atom stereocenters. The molecule has 0 bridgehead atoms. The second-order valence-corrected chi connectivity index (χ2v) is 11.7. The summed E-state index contributed by atoms with van der Waals surface area (Å²) in [5.74, 6) is 0. The average Bonchev–Trinajstić information content (AvgIpc) is 2.74. The summed E-state index contributed by atoms with van der Waals surface area (Å²) < 4.78 is 0. The van der Waals surface area contributed by atoms with Crippen molar-refractivity contribution >= 4 is 38.2 Å². The smallest absolute Gasteiger partial charge is 0.152 e. The zero-order valence-electron chi connectivity index (χ0n) is 15.1. The van der Waals surface area contributed by atoms with Crippen LogP contribution in [-0.2, 0) is 32.6 Å². The molecule has 0 amide bonds. The zero-order valence-corrected chi connectivity index (χ0v) is 20.2. The summed E-state index contributed by atoms with van der Waals surface area (Å²) in [6.07, 6.45) is 1.09. The fourth-order valence-electron chi connectivity index (χ4n) is 3.75. The maximum Gasteiger partial charge on any atom is 0.152 e. The van der Waals surface area contributed by atoms with Crippen molar-refractivity contribution in [3.8, 4) is 11.1 Å². The van der Waals surface area contributed by atoms with E-state index in [1.165, 1.54) is 16.7 Å². The van der Waals surface area contributed by atoms with Crippen molar-refractivity contribution in [1.82, 2.24) is 4.98 Å². The molecule has 0 spiro atoms. The first-order valence-electron chi connectivity index (χ1n) is 7.78. The summed E-state index contributed by atoms with van der Waals surface area (Å²) in [7, 11) is -1.66. The third-order valence-corrected chi connectivity index (χ3v) is 7.40. The molecule has 2 aromatic rings. The van der Waals surface area contributed by atoms with Gasteiger partial charge in [-0.3, -0.25) is 0 Å². The van der Waals surface area contributed by atoms with E-state index >= 15 is 0 Å². The summed E-state index contributed by atoms with van der Waals surface area (Å²) in [5.41, 5.74) is 6.05. The normalized spacial score (nSPS) is 12.2. The fourth-order valence-corrected chi connectivity index (χ4v) is 7.25. The van der Waals surface area contributed by atoms with Gasteiger partial charge in [-0.2, -0.15) is 0 Å². The number of fused-ring (bicyclic) bond motifs is 3. The van der Waals surface area contributed by atoms with Gasteiger partial charge in [0.05, 0.1) is 0 Å². The number of rotatable bonds is 2. The topological polar surface area (TPSA) is 12.0 Å². The van der Waals surface area contributed by atoms with Gasteiger partial charge in [0.25, 0.3) is 0 Å². The Balaban J connectivity index is 0.00000176. The van der Waals surface area contributed by atoms with Crippen LogP contribution < -0.4 is 10.2 Å². The number of halogens is 2. The van der Waals surface area contributed by atoms with Crippen LogP contribution in [0.2, 0.25) is 13.1 Å². The van der Waals surface area contributed by atoms with Gasteiger partial charge in [-0.1, -0.05) is 55.6 Å². The van der Waals surface area contributed by atoms with Crippen LogP contribution in [0.25, 0.3) is 11.1 Å². The van der Waals surface area contributed by atoms with E-state index in [0.717, 1.165) is 6.42 Å². The second-order valence-electron chi connectivity index (χ2n) is 7.67. The minimum absolute atomic E-state index is 0. The van der Waals surface area contributed by atoms with E-state index < -0.39 is 8.24 Å². The molecule has 130 valence electrons. The van der Waals surface area contributed by atoms with Crippen LogP contribution in [0, 0.1) is 0 Å². The van der Waals surface area contributed by atoms with E-state index in [9.17, 15) is 0 Å². The van der Waals surface area contributed by atoms with E-state index in [1.807, 2.05) is 0 Å². The van der Waals surface area contributed by atoms with Crippen LogP contribution in [0.15, 0.2) is 42.5 Å². The Morgan fingerprint density at radius 3 is 2.08 bits per heavy atom. The van der Waals surface area contributed by atoms with Crippen molar-refractivity contribution in [3.63, 3.8) is 0 Å². The molecule has 0 saturated heterocycles. The molecule has 0 heterocycles. The molecule has 1 aliphatic carbocycles. The van der Waals surface area contributed by atoms with E-state index in [4.69, 9.17) is 0 Å². The van der Waals surface area contributed by atoms with E-state index in [1.54, 1.807) is 10.8 Å². The van der Waals surface area contributed by atoms with Crippen molar-refractivity contribution in [3.05, 3.63) is 53.6 Å². The van der Waals surface area contributed by atoms with Gasteiger partial charge in [0.15, 0.2) is 8.24 Å².